The second-order valence-electron chi connectivity index (χ2n) is 3.52. The van der Waals surface area contributed by atoms with E-state index < -0.39 is 18.9 Å². The van der Waals surface area contributed by atoms with E-state index in [2.05, 4.69) is 10.1 Å². The van der Waals surface area contributed by atoms with E-state index in [1.807, 2.05) is 0 Å². The molecule has 0 unspecified atom stereocenters. The average Bonchev–Trinajstić information content (AvgIpc) is 2.33. The second kappa shape index (κ2) is 6.25. The number of rotatable bonds is 4. The summed E-state index contributed by atoms with van der Waals surface area (Å²) in [5.74, 6) is 0. The molecule has 0 aliphatic rings. The van der Waals surface area contributed by atoms with Gasteiger partial charge in [0.2, 0.25) is 0 Å². The first kappa shape index (κ1) is 14.3. The maximum atomic E-state index is 11.7. The van der Waals surface area contributed by atoms with Crippen LogP contribution < -0.4 is 5.32 Å². The number of aliphatic hydroxyl groups excluding tert-OH is 1. The van der Waals surface area contributed by atoms with Gasteiger partial charge in [0.15, 0.2) is 6.61 Å². The minimum atomic E-state index is -4.53. The lowest BCUT2D eigenvalue weighted by atomic mass is 10.1. The maximum absolute atomic E-state index is 11.7. The van der Waals surface area contributed by atoms with Gasteiger partial charge in [-0.1, -0.05) is 24.3 Å². The zero-order valence-corrected chi connectivity index (χ0v) is 9.33. The van der Waals surface area contributed by atoms with E-state index >= 15 is 0 Å². The Labute approximate surface area is 101 Å². The number of amides is 1. The number of carbonyl (C=O) groups excluding carboxylic acids is 1. The van der Waals surface area contributed by atoms with Crippen LogP contribution >= 0.6 is 0 Å². The molecule has 18 heavy (non-hydrogen) atoms. The van der Waals surface area contributed by atoms with Crippen molar-refractivity contribution in [2.24, 2.45) is 0 Å². The molecular weight excluding hydrogens is 251 g/mol. The summed E-state index contributed by atoms with van der Waals surface area (Å²) >= 11 is 0. The number of carbonyl (C=O) groups is 1. The molecule has 1 rings (SSSR count). The van der Waals surface area contributed by atoms with Gasteiger partial charge in [-0.3, -0.25) is 0 Å². The molecule has 0 saturated carbocycles. The quantitative estimate of drug-likeness (QED) is 0.873. The number of ether oxygens (including phenoxy) is 1. The van der Waals surface area contributed by atoms with Gasteiger partial charge in [0, 0.05) is 6.54 Å². The number of halogens is 3. The highest BCUT2D eigenvalue weighted by Gasteiger charge is 2.29. The van der Waals surface area contributed by atoms with Gasteiger partial charge in [-0.2, -0.15) is 13.2 Å². The van der Waals surface area contributed by atoms with E-state index in [0.29, 0.717) is 11.1 Å². The summed E-state index contributed by atoms with van der Waals surface area (Å²) in [4.78, 5) is 10.9. The van der Waals surface area contributed by atoms with Gasteiger partial charge in [-0.15, -0.1) is 0 Å². The molecule has 1 aromatic carbocycles. The molecule has 0 radical (unpaired) electrons. The molecule has 0 saturated heterocycles. The summed E-state index contributed by atoms with van der Waals surface area (Å²) in [6.07, 6.45) is -5.65. The fourth-order valence-corrected chi connectivity index (χ4v) is 1.14. The lowest BCUT2D eigenvalue weighted by molar-refractivity contribution is -0.160. The average molecular weight is 263 g/mol. The Morgan fingerprint density at radius 3 is 2.28 bits per heavy atom. The van der Waals surface area contributed by atoms with Crippen molar-refractivity contribution in [2.45, 2.75) is 19.3 Å². The lowest BCUT2D eigenvalue weighted by Crippen LogP contribution is -2.28. The van der Waals surface area contributed by atoms with Crippen LogP contribution in [0.4, 0.5) is 18.0 Å². The number of alkyl halides is 3. The van der Waals surface area contributed by atoms with E-state index in [4.69, 9.17) is 5.11 Å². The second-order valence-corrected chi connectivity index (χ2v) is 3.52. The highest BCUT2D eigenvalue weighted by atomic mass is 19.4. The summed E-state index contributed by atoms with van der Waals surface area (Å²) in [5, 5.41) is 11.0. The molecule has 0 aliphatic carbocycles. The smallest absolute Gasteiger partial charge is 0.422 e. The first-order valence-corrected chi connectivity index (χ1v) is 5.07. The Bertz CT molecular complexity index is 390. The normalized spacial score (nSPS) is 11.1. The van der Waals surface area contributed by atoms with Crippen LogP contribution in [-0.4, -0.2) is 24.0 Å². The third kappa shape index (κ3) is 5.53. The van der Waals surface area contributed by atoms with Gasteiger partial charge in [0.25, 0.3) is 0 Å². The molecule has 0 aromatic heterocycles. The van der Waals surface area contributed by atoms with Crippen molar-refractivity contribution in [1.29, 1.82) is 0 Å². The third-order valence-electron chi connectivity index (χ3n) is 2.01. The van der Waals surface area contributed by atoms with E-state index in [-0.39, 0.29) is 13.2 Å². The Balaban J connectivity index is 2.33. The van der Waals surface area contributed by atoms with Crippen LogP contribution in [-0.2, 0) is 17.9 Å². The molecule has 4 nitrogen and oxygen atoms in total. The van der Waals surface area contributed by atoms with Crippen molar-refractivity contribution in [1.82, 2.24) is 5.32 Å². The van der Waals surface area contributed by atoms with E-state index in [1.165, 1.54) is 0 Å². The van der Waals surface area contributed by atoms with Crippen LogP contribution in [0.1, 0.15) is 11.1 Å². The fraction of sp³-hybridized carbons (Fsp3) is 0.364. The third-order valence-corrected chi connectivity index (χ3v) is 2.01. The minimum Gasteiger partial charge on any atom is -0.440 e. The van der Waals surface area contributed by atoms with Gasteiger partial charge < -0.3 is 15.2 Å². The molecule has 100 valence electrons. The Kier molecular flexibility index (Phi) is 4.96. The number of alkyl carbamates (subject to hydrolysis) is 1. The molecule has 0 fully saturated rings. The van der Waals surface area contributed by atoms with Gasteiger partial charge in [0.1, 0.15) is 0 Å². The van der Waals surface area contributed by atoms with E-state index in [1.54, 1.807) is 24.3 Å². The van der Waals surface area contributed by atoms with Gasteiger partial charge >= 0.3 is 12.3 Å². The van der Waals surface area contributed by atoms with Crippen LogP contribution in [0, 0.1) is 0 Å². The molecule has 7 heteroatoms. The molecule has 0 aliphatic heterocycles. The number of nitrogens with one attached hydrogen (secondary N) is 1. The van der Waals surface area contributed by atoms with E-state index in [0.717, 1.165) is 0 Å². The SMILES string of the molecule is O=C(NCc1ccc(CO)cc1)OCC(F)(F)F. The molecule has 0 spiro atoms. The summed E-state index contributed by atoms with van der Waals surface area (Å²) in [5.41, 5.74) is 1.40. The van der Waals surface area contributed by atoms with Gasteiger partial charge in [-0.05, 0) is 11.1 Å². The van der Waals surface area contributed by atoms with E-state index in [9.17, 15) is 18.0 Å². The monoisotopic (exact) mass is 263 g/mol. The zero-order chi connectivity index (χ0) is 13.6. The topological polar surface area (TPSA) is 58.6 Å². The van der Waals surface area contributed by atoms with Crippen LogP contribution in [0.3, 0.4) is 0 Å². The van der Waals surface area contributed by atoms with Crippen LogP contribution in [0.2, 0.25) is 0 Å². The number of aliphatic hydroxyl groups is 1. The summed E-state index contributed by atoms with van der Waals surface area (Å²) in [6, 6.07) is 6.60. The standard InChI is InChI=1S/C11H12F3NO3/c12-11(13,14)7-18-10(17)15-5-8-1-3-9(6-16)4-2-8/h1-4,16H,5-7H2,(H,15,17). The maximum Gasteiger partial charge on any atom is 0.422 e. The Hall–Kier alpha value is -1.76. The first-order chi connectivity index (χ1) is 8.40. The minimum absolute atomic E-state index is 0.0579. The molecule has 1 amide bonds. The number of hydrogen-bond acceptors (Lipinski definition) is 3. The van der Waals surface area contributed by atoms with Crippen LogP contribution in [0.15, 0.2) is 24.3 Å². The van der Waals surface area contributed by atoms with Crippen LogP contribution in [0.25, 0.3) is 0 Å². The molecule has 2 N–H and O–H groups in total. The predicted molar refractivity (Wildman–Crippen MR) is 56.6 cm³/mol. The highest BCUT2D eigenvalue weighted by Crippen LogP contribution is 2.14. The Morgan fingerprint density at radius 1 is 1.22 bits per heavy atom. The molecule has 0 atom stereocenters. The molecule has 0 heterocycles. The zero-order valence-electron chi connectivity index (χ0n) is 9.33. The Morgan fingerprint density at radius 2 is 1.78 bits per heavy atom. The molecule has 0 bridgehead atoms. The van der Waals surface area contributed by atoms with Crippen molar-refractivity contribution < 1.29 is 27.8 Å². The summed E-state index contributed by atoms with van der Waals surface area (Å²) in [6.45, 7) is -1.65. The predicted octanol–water partition coefficient (Wildman–Crippen LogP) is 1.97. The van der Waals surface area contributed by atoms with Crippen molar-refractivity contribution in [3.05, 3.63) is 35.4 Å². The molecule has 1 aromatic rings. The summed E-state index contributed by atoms with van der Waals surface area (Å²) in [7, 11) is 0. The fourth-order valence-electron chi connectivity index (χ4n) is 1.14. The van der Waals surface area contributed by atoms with Crippen molar-refractivity contribution >= 4 is 6.09 Å². The number of hydrogen-bond donors (Lipinski definition) is 2. The summed E-state index contributed by atoms with van der Waals surface area (Å²) < 4.78 is 39.2. The van der Waals surface area contributed by atoms with Crippen molar-refractivity contribution in [2.75, 3.05) is 6.61 Å². The van der Waals surface area contributed by atoms with Crippen molar-refractivity contribution in [3.63, 3.8) is 0 Å². The number of benzene rings is 1. The van der Waals surface area contributed by atoms with Crippen LogP contribution in [0.5, 0.6) is 0 Å². The van der Waals surface area contributed by atoms with Crippen molar-refractivity contribution in [3.8, 4) is 0 Å². The lowest BCUT2D eigenvalue weighted by Gasteiger charge is -2.09. The highest BCUT2D eigenvalue weighted by molar-refractivity contribution is 5.67. The largest absolute Gasteiger partial charge is 0.440 e. The first-order valence-electron chi connectivity index (χ1n) is 5.07. The van der Waals surface area contributed by atoms with Gasteiger partial charge in [-0.25, -0.2) is 4.79 Å². The van der Waals surface area contributed by atoms with Gasteiger partial charge in [0.05, 0.1) is 6.61 Å². The molecular formula is C11H12F3NO3.